The third kappa shape index (κ3) is 3.81. The summed E-state index contributed by atoms with van der Waals surface area (Å²) in [7, 11) is 0. The number of carbonyl (C=O) groups is 2. The van der Waals surface area contributed by atoms with Gasteiger partial charge in [0.1, 0.15) is 17.4 Å². The number of benzene rings is 3. The van der Waals surface area contributed by atoms with Crippen LogP contribution >= 0.6 is 0 Å². The molecule has 30 heavy (non-hydrogen) atoms. The Kier molecular flexibility index (Phi) is 5.31. The van der Waals surface area contributed by atoms with Gasteiger partial charge in [0, 0.05) is 17.7 Å². The van der Waals surface area contributed by atoms with Crippen molar-refractivity contribution in [3.8, 4) is 5.75 Å². The number of amides is 1. The number of carbonyl (C=O) groups excluding carboxylic acids is 2. The van der Waals surface area contributed by atoms with Crippen LogP contribution < -0.4 is 4.90 Å². The van der Waals surface area contributed by atoms with E-state index in [1.807, 2.05) is 0 Å². The highest BCUT2D eigenvalue weighted by Crippen LogP contribution is 2.45. The molecule has 6 heteroatoms. The number of hydrogen-bond acceptors (Lipinski definition) is 3. The minimum atomic E-state index is -0.427. The second kappa shape index (κ2) is 8.06. The highest BCUT2D eigenvalue weighted by Gasteiger charge is 2.48. The Balaban J connectivity index is 1.55. The predicted molar refractivity (Wildman–Crippen MR) is 108 cm³/mol. The molecule has 1 heterocycles. The summed E-state index contributed by atoms with van der Waals surface area (Å²) < 4.78 is 26.4. The largest absolute Gasteiger partial charge is 0.508 e. The molecule has 1 aliphatic rings. The topological polar surface area (TPSA) is 57.6 Å². The summed E-state index contributed by atoms with van der Waals surface area (Å²) in [6.07, 6.45) is 0.478. The number of Topliss-reactive ketones (excluding diaryl/α,β-unsaturated/α-hetero) is 1. The van der Waals surface area contributed by atoms with Crippen LogP contribution in [0.25, 0.3) is 0 Å². The van der Waals surface area contributed by atoms with Crippen molar-refractivity contribution < 1.29 is 23.5 Å². The zero-order valence-corrected chi connectivity index (χ0v) is 16.0. The Morgan fingerprint density at radius 1 is 0.867 bits per heavy atom. The number of rotatable bonds is 6. The number of anilines is 1. The smallest absolute Gasteiger partial charge is 0.233 e. The number of phenols is 1. The molecule has 1 fully saturated rings. The minimum Gasteiger partial charge on any atom is -0.508 e. The first-order valence-corrected chi connectivity index (χ1v) is 9.60. The molecule has 152 valence electrons. The molecule has 4 nitrogen and oxygen atoms in total. The Morgan fingerprint density at radius 3 is 2.03 bits per heavy atom. The standard InChI is InChI=1S/C24H19F2NO3/c25-17-5-1-15(2-6-17)22(29)14-13-21-23(16-3-11-20(28)12-4-16)27(24(21)30)19-9-7-18(26)8-10-19/h1-12,21,23,28H,13-14H2/t21-,23-/m0/s1. The molecule has 4 rings (SSSR count). The van der Waals surface area contributed by atoms with E-state index in [2.05, 4.69) is 0 Å². The van der Waals surface area contributed by atoms with Crippen molar-refractivity contribution >= 4 is 17.4 Å². The molecule has 0 spiro atoms. The van der Waals surface area contributed by atoms with E-state index in [0.29, 0.717) is 17.7 Å². The van der Waals surface area contributed by atoms with Crippen LogP contribution in [0.15, 0.2) is 72.8 Å². The number of ketones is 1. The maximum atomic E-state index is 13.3. The van der Waals surface area contributed by atoms with Crippen molar-refractivity contribution in [1.82, 2.24) is 0 Å². The molecule has 3 aromatic rings. The monoisotopic (exact) mass is 407 g/mol. The van der Waals surface area contributed by atoms with Gasteiger partial charge in [0.15, 0.2) is 5.78 Å². The fourth-order valence-electron chi connectivity index (χ4n) is 3.84. The summed E-state index contributed by atoms with van der Waals surface area (Å²) in [5.74, 6) is -1.43. The van der Waals surface area contributed by atoms with Crippen molar-refractivity contribution in [3.63, 3.8) is 0 Å². The maximum Gasteiger partial charge on any atom is 0.233 e. The second-order valence-corrected chi connectivity index (χ2v) is 7.30. The van der Waals surface area contributed by atoms with Crippen LogP contribution in [-0.2, 0) is 4.79 Å². The van der Waals surface area contributed by atoms with Crippen LogP contribution in [-0.4, -0.2) is 16.8 Å². The highest BCUT2D eigenvalue weighted by molar-refractivity contribution is 6.04. The predicted octanol–water partition coefficient (Wildman–Crippen LogP) is 5.04. The van der Waals surface area contributed by atoms with E-state index >= 15 is 0 Å². The molecule has 0 aromatic heterocycles. The fraction of sp³-hybridized carbons (Fsp3) is 0.167. The number of halogens is 2. The summed E-state index contributed by atoms with van der Waals surface area (Å²) in [5, 5.41) is 9.59. The van der Waals surface area contributed by atoms with Crippen LogP contribution in [0.1, 0.15) is 34.8 Å². The quantitative estimate of drug-likeness (QED) is 0.460. The molecule has 0 bridgehead atoms. The van der Waals surface area contributed by atoms with E-state index in [4.69, 9.17) is 0 Å². The first kappa shape index (κ1) is 19.8. The summed E-state index contributed by atoms with van der Waals surface area (Å²) in [4.78, 5) is 27.0. The lowest BCUT2D eigenvalue weighted by molar-refractivity contribution is -0.130. The SMILES string of the molecule is O=C(CC[C@@H]1C(=O)N(c2ccc(F)cc2)[C@H]1c1ccc(O)cc1)c1ccc(F)cc1. The molecular formula is C24H19F2NO3. The Morgan fingerprint density at radius 2 is 1.43 bits per heavy atom. The van der Waals surface area contributed by atoms with Crippen molar-refractivity contribution in [2.45, 2.75) is 18.9 Å². The lowest BCUT2D eigenvalue weighted by Crippen LogP contribution is -2.55. The molecule has 1 aliphatic heterocycles. The first-order valence-electron chi connectivity index (χ1n) is 9.60. The van der Waals surface area contributed by atoms with Crippen LogP contribution in [0.2, 0.25) is 0 Å². The van der Waals surface area contributed by atoms with Gasteiger partial charge in [-0.1, -0.05) is 12.1 Å². The average Bonchev–Trinajstić information content (AvgIpc) is 2.74. The van der Waals surface area contributed by atoms with Gasteiger partial charge in [-0.05, 0) is 72.6 Å². The Labute approximate surface area is 172 Å². The molecule has 0 radical (unpaired) electrons. The molecule has 0 saturated carbocycles. The van der Waals surface area contributed by atoms with Crippen molar-refractivity contribution in [1.29, 1.82) is 0 Å². The highest BCUT2D eigenvalue weighted by atomic mass is 19.1. The van der Waals surface area contributed by atoms with E-state index in [9.17, 15) is 23.5 Å². The van der Waals surface area contributed by atoms with Crippen molar-refractivity contribution in [2.24, 2.45) is 5.92 Å². The number of nitrogens with zero attached hydrogens (tertiary/aromatic N) is 1. The van der Waals surface area contributed by atoms with Gasteiger partial charge in [-0.3, -0.25) is 9.59 Å². The van der Waals surface area contributed by atoms with E-state index in [-0.39, 0.29) is 29.9 Å². The molecule has 0 unspecified atom stereocenters. The third-order valence-corrected chi connectivity index (χ3v) is 5.40. The Bertz CT molecular complexity index is 1060. The van der Waals surface area contributed by atoms with Gasteiger partial charge in [0.2, 0.25) is 5.91 Å². The molecule has 0 aliphatic carbocycles. The summed E-state index contributed by atoms with van der Waals surface area (Å²) >= 11 is 0. The summed E-state index contributed by atoms with van der Waals surface area (Å²) in [5.41, 5.74) is 1.79. The average molecular weight is 407 g/mol. The molecule has 1 N–H and O–H groups in total. The number of hydrogen-bond donors (Lipinski definition) is 1. The van der Waals surface area contributed by atoms with Crippen LogP contribution in [0.3, 0.4) is 0 Å². The normalized spacial score (nSPS) is 18.2. The second-order valence-electron chi connectivity index (χ2n) is 7.30. The van der Waals surface area contributed by atoms with Crippen molar-refractivity contribution in [2.75, 3.05) is 4.90 Å². The molecular weight excluding hydrogens is 388 g/mol. The lowest BCUT2D eigenvalue weighted by atomic mass is 9.78. The van der Waals surface area contributed by atoms with Gasteiger partial charge in [0.05, 0.1) is 12.0 Å². The summed E-state index contributed by atoms with van der Waals surface area (Å²) in [6.45, 7) is 0. The van der Waals surface area contributed by atoms with Gasteiger partial charge in [-0.2, -0.15) is 0 Å². The summed E-state index contributed by atoms with van der Waals surface area (Å²) in [6, 6.07) is 17.2. The van der Waals surface area contributed by atoms with E-state index < -0.39 is 17.6 Å². The lowest BCUT2D eigenvalue weighted by Gasteiger charge is -2.47. The van der Waals surface area contributed by atoms with Gasteiger partial charge < -0.3 is 10.0 Å². The zero-order chi connectivity index (χ0) is 21.3. The fourth-order valence-corrected chi connectivity index (χ4v) is 3.84. The van der Waals surface area contributed by atoms with E-state index in [1.54, 1.807) is 41.3 Å². The molecule has 3 aromatic carbocycles. The van der Waals surface area contributed by atoms with Crippen LogP contribution in [0, 0.1) is 17.6 Å². The number of β-lactam (4-membered cyclic amide) rings is 1. The third-order valence-electron chi connectivity index (χ3n) is 5.40. The van der Waals surface area contributed by atoms with E-state index in [0.717, 1.165) is 5.56 Å². The zero-order valence-electron chi connectivity index (χ0n) is 16.0. The molecule has 2 atom stereocenters. The Hall–Kier alpha value is -3.54. The minimum absolute atomic E-state index is 0.112. The van der Waals surface area contributed by atoms with Gasteiger partial charge in [-0.15, -0.1) is 0 Å². The van der Waals surface area contributed by atoms with Gasteiger partial charge >= 0.3 is 0 Å². The van der Waals surface area contributed by atoms with E-state index in [1.165, 1.54) is 36.4 Å². The molecule has 1 amide bonds. The van der Waals surface area contributed by atoms with Crippen LogP contribution in [0.4, 0.5) is 14.5 Å². The van der Waals surface area contributed by atoms with Gasteiger partial charge in [0.25, 0.3) is 0 Å². The maximum absolute atomic E-state index is 13.3. The van der Waals surface area contributed by atoms with Gasteiger partial charge in [-0.25, -0.2) is 8.78 Å². The number of aromatic hydroxyl groups is 1. The first-order chi connectivity index (χ1) is 14.4. The van der Waals surface area contributed by atoms with Crippen molar-refractivity contribution in [3.05, 3.63) is 95.6 Å². The number of phenolic OH excluding ortho intramolecular Hbond substituents is 1. The van der Waals surface area contributed by atoms with Crippen LogP contribution in [0.5, 0.6) is 5.75 Å². The molecule has 1 saturated heterocycles.